The van der Waals surface area contributed by atoms with Crippen LogP contribution >= 0.6 is 0 Å². The molecule has 0 fully saturated rings. The lowest BCUT2D eigenvalue weighted by atomic mass is 9.97. The molecule has 0 radical (unpaired) electrons. The third-order valence-electron chi connectivity index (χ3n) is 5.44. The Bertz CT molecular complexity index is 1340. The van der Waals surface area contributed by atoms with Gasteiger partial charge in [-0.2, -0.15) is 13.4 Å². The lowest BCUT2D eigenvalue weighted by Crippen LogP contribution is -2.20. The topological polar surface area (TPSA) is 160 Å². The minimum atomic E-state index is -3.91. The summed E-state index contributed by atoms with van der Waals surface area (Å²) >= 11 is 0. The quantitative estimate of drug-likeness (QED) is 0.271. The van der Waals surface area contributed by atoms with Crippen molar-refractivity contribution in [2.45, 2.75) is 39.0 Å². The van der Waals surface area contributed by atoms with Crippen LogP contribution in [0.25, 0.3) is 11.1 Å². The van der Waals surface area contributed by atoms with Gasteiger partial charge < -0.3 is 31.0 Å². The highest BCUT2D eigenvalue weighted by molar-refractivity contribution is 7.87. The number of hydrogen-bond acceptors (Lipinski definition) is 10. The molecule has 0 saturated heterocycles. The summed E-state index contributed by atoms with van der Waals surface area (Å²) in [6, 6.07) is 9.09. The summed E-state index contributed by atoms with van der Waals surface area (Å²) in [5.74, 6) is 0.910. The molecule has 6 N–H and O–H groups in total. The average molecular weight is 515 g/mol. The van der Waals surface area contributed by atoms with Gasteiger partial charge in [0.25, 0.3) is 0 Å². The van der Waals surface area contributed by atoms with E-state index in [0.29, 0.717) is 53.3 Å². The van der Waals surface area contributed by atoms with Crippen molar-refractivity contribution in [1.29, 1.82) is 0 Å². The van der Waals surface area contributed by atoms with Crippen LogP contribution in [0.15, 0.2) is 36.5 Å². The first-order valence-electron chi connectivity index (χ1n) is 11.5. The molecule has 36 heavy (non-hydrogen) atoms. The molecule has 0 aliphatic heterocycles. The predicted octanol–water partition coefficient (Wildman–Crippen LogP) is 3.06. The van der Waals surface area contributed by atoms with Crippen LogP contribution < -0.4 is 26.1 Å². The van der Waals surface area contributed by atoms with E-state index in [1.54, 1.807) is 32.2 Å². The summed E-state index contributed by atoms with van der Waals surface area (Å²) in [7, 11) is 0.00794. The molecule has 0 amide bonds. The van der Waals surface area contributed by atoms with Gasteiger partial charge in [0.1, 0.15) is 11.6 Å². The van der Waals surface area contributed by atoms with E-state index < -0.39 is 15.4 Å². The molecule has 0 unspecified atom stereocenters. The number of benzene rings is 2. The lowest BCUT2D eigenvalue weighted by molar-refractivity contribution is 0.340. The molecule has 0 spiro atoms. The number of anilines is 3. The highest BCUT2D eigenvalue weighted by Crippen LogP contribution is 2.42. The number of rotatable bonds is 10. The Morgan fingerprint density at radius 1 is 1.03 bits per heavy atom. The maximum atomic E-state index is 12.8. The summed E-state index contributed by atoms with van der Waals surface area (Å²) in [5.41, 5.74) is 22.0. The summed E-state index contributed by atoms with van der Waals surface area (Å²) in [6.07, 6.45) is 1.86. The molecule has 0 aliphatic carbocycles. The van der Waals surface area contributed by atoms with Crippen LogP contribution in [-0.2, 0) is 23.1 Å². The molecular weight excluding hydrogens is 480 g/mol. The Morgan fingerprint density at radius 3 is 2.31 bits per heavy atom. The van der Waals surface area contributed by atoms with E-state index in [0.717, 1.165) is 5.56 Å². The molecule has 2 aromatic carbocycles. The molecular formula is C25H34N6O4S. The van der Waals surface area contributed by atoms with Gasteiger partial charge in [0, 0.05) is 30.4 Å². The summed E-state index contributed by atoms with van der Waals surface area (Å²) in [5, 5.41) is -0.752. The van der Waals surface area contributed by atoms with Crippen LogP contribution in [0.2, 0.25) is 0 Å². The molecule has 11 heteroatoms. The van der Waals surface area contributed by atoms with Crippen LogP contribution in [-0.4, -0.2) is 49.2 Å². The molecule has 0 atom stereocenters. The highest BCUT2D eigenvalue weighted by Gasteiger charge is 2.24. The van der Waals surface area contributed by atoms with Gasteiger partial charge in [-0.1, -0.05) is 12.1 Å². The molecule has 1 heterocycles. The van der Waals surface area contributed by atoms with Gasteiger partial charge in [0.2, 0.25) is 5.95 Å². The van der Waals surface area contributed by atoms with Gasteiger partial charge in [0.05, 0.1) is 17.4 Å². The van der Waals surface area contributed by atoms with Crippen molar-refractivity contribution in [1.82, 2.24) is 14.9 Å². The van der Waals surface area contributed by atoms with Crippen LogP contribution in [0.3, 0.4) is 0 Å². The number of aromatic nitrogens is 2. The lowest BCUT2D eigenvalue weighted by Gasteiger charge is -2.20. The minimum Gasteiger partial charge on any atom is -0.493 e. The summed E-state index contributed by atoms with van der Waals surface area (Å²) in [6.45, 7) is 5.99. The Hall–Kier alpha value is -3.57. The monoisotopic (exact) mass is 514 g/mol. The van der Waals surface area contributed by atoms with Crippen molar-refractivity contribution in [2.75, 3.05) is 37.9 Å². The van der Waals surface area contributed by atoms with Crippen molar-refractivity contribution in [3.8, 4) is 22.6 Å². The Morgan fingerprint density at radius 2 is 1.72 bits per heavy atom. The fraction of sp³-hybridized carbons (Fsp3) is 0.360. The maximum absolute atomic E-state index is 12.8. The first-order chi connectivity index (χ1) is 16.9. The summed E-state index contributed by atoms with van der Waals surface area (Å²) in [4.78, 5) is 10.0. The molecule has 194 valence electrons. The number of hydrogen-bond donors (Lipinski definition) is 3. The van der Waals surface area contributed by atoms with Crippen molar-refractivity contribution >= 4 is 27.6 Å². The standard InChI is InChI=1S/C25H34N6O4S/c1-6-34-21-10-16(9-19-13-29-25(28)30-24(19)27)11-22(35-36(32,33)15(2)3)23(21)17-7-8-18(14-31(4)5)20(26)12-17/h7-8,10-13,15H,6,9,14,26H2,1-5H3,(H4,27,28,29,30). The molecule has 10 nitrogen and oxygen atoms in total. The molecule has 0 aliphatic rings. The third-order valence-corrected chi connectivity index (χ3v) is 7.01. The zero-order valence-corrected chi connectivity index (χ0v) is 22.1. The van der Waals surface area contributed by atoms with Crippen molar-refractivity contribution in [3.05, 3.63) is 53.2 Å². The minimum absolute atomic E-state index is 0.0731. The first-order valence-corrected chi connectivity index (χ1v) is 13.0. The molecule has 3 aromatic rings. The van der Waals surface area contributed by atoms with E-state index in [2.05, 4.69) is 9.97 Å². The molecule has 3 rings (SSSR count). The molecule has 0 bridgehead atoms. The van der Waals surface area contributed by atoms with Gasteiger partial charge in [-0.25, -0.2) is 4.98 Å². The van der Waals surface area contributed by atoms with E-state index >= 15 is 0 Å². The fourth-order valence-electron chi connectivity index (χ4n) is 3.61. The average Bonchev–Trinajstić information content (AvgIpc) is 2.77. The van der Waals surface area contributed by atoms with E-state index in [4.69, 9.17) is 26.1 Å². The Kier molecular flexibility index (Phi) is 8.26. The normalized spacial score (nSPS) is 11.8. The second-order valence-electron chi connectivity index (χ2n) is 8.99. The Balaban J connectivity index is 2.20. The predicted molar refractivity (Wildman–Crippen MR) is 143 cm³/mol. The van der Waals surface area contributed by atoms with Crippen LogP contribution in [0.5, 0.6) is 11.5 Å². The molecule has 1 aromatic heterocycles. The van der Waals surface area contributed by atoms with Gasteiger partial charge in [-0.05, 0) is 69.8 Å². The van der Waals surface area contributed by atoms with Gasteiger partial charge in [0.15, 0.2) is 5.75 Å². The van der Waals surface area contributed by atoms with Crippen molar-refractivity contribution in [2.24, 2.45) is 0 Å². The summed E-state index contributed by atoms with van der Waals surface area (Å²) < 4.78 is 37.2. The van der Waals surface area contributed by atoms with Crippen molar-refractivity contribution in [3.63, 3.8) is 0 Å². The SMILES string of the molecule is CCOc1cc(Cc2cnc(N)nc2N)cc(OS(=O)(=O)C(C)C)c1-c1ccc(CN(C)C)c(N)c1. The van der Waals surface area contributed by atoms with Crippen molar-refractivity contribution < 1.29 is 17.3 Å². The van der Waals surface area contributed by atoms with Gasteiger partial charge in [-0.15, -0.1) is 0 Å². The maximum Gasteiger partial charge on any atom is 0.311 e. The zero-order valence-electron chi connectivity index (χ0n) is 21.3. The Labute approximate surface area is 212 Å². The number of nitrogens with zero attached hydrogens (tertiary/aromatic N) is 3. The van der Waals surface area contributed by atoms with E-state index in [9.17, 15) is 8.42 Å². The smallest absolute Gasteiger partial charge is 0.311 e. The van der Waals surface area contributed by atoms with Crippen LogP contribution in [0, 0.1) is 0 Å². The zero-order chi connectivity index (χ0) is 26.6. The second-order valence-corrected chi connectivity index (χ2v) is 11.1. The van der Waals surface area contributed by atoms with Crippen LogP contribution in [0.1, 0.15) is 37.5 Å². The largest absolute Gasteiger partial charge is 0.493 e. The first kappa shape index (κ1) is 27.0. The van der Waals surface area contributed by atoms with Gasteiger partial charge in [-0.3, -0.25) is 0 Å². The second kappa shape index (κ2) is 11.0. The van der Waals surface area contributed by atoms with E-state index in [-0.39, 0.29) is 17.5 Å². The molecule has 0 saturated carbocycles. The van der Waals surface area contributed by atoms with E-state index in [1.165, 1.54) is 0 Å². The number of nitrogens with two attached hydrogens (primary N) is 3. The third kappa shape index (κ3) is 6.35. The fourth-order valence-corrected chi connectivity index (χ4v) is 4.19. The number of ether oxygens (including phenoxy) is 1. The van der Waals surface area contributed by atoms with E-state index in [1.807, 2.05) is 44.1 Å². The van der Waals surface area contributed by atoms with Gasteiger partial charge >= 0.3 is 10.1 Å². The number of nitrogen functional groups attached to an aromatic ring is 3. The highest BCUT2D eigenvalue weighted by atomic mass is 32.2. The van der Waals surface area contributed by atoms with Crippen LogP contribution in [0.4, 0.5) is 17.5 Å².